The summed E-state index contributed by atoms with van der Waals surface area (Å²) in [5.74, 6) is -0.0816. The fraction of sp³-hybridized carbons (Fsp3) is 0.500. The highest BCUT2D eigenvalue weighted by Crippen LogP contribution is 2.12. The Bertz CT molecular complexity index is 612. The van der Waals surface area contributed by atoms with E-state index >= 15 is 0 Å². The van der Waals surface area contributed by atoms with Crippen LogP contribution in [0.4, 0.5) is 0 Å². The number of carbonyl (C=O) groups is 1. The Hall–Kier alpha value is -1.82. The lowest BCUT2D eigenvalue weighted by atomic mass is 10.2. The standard InChI is InChI=1S/C14H20ClN5O/c1-4-19-8-12(10(2)17-19)14(21)16-6-5-7-20-9-13(15)11(3)18-20/h8-9H,4-7H2,1-3H3,(H,16,21). The third-order valence-electron chi connectivity index (χ3n) is 3.25. The summed E-state index contributed by atoms with van der Waals surface area (Å²) in [7, 11) is 0. The molecule has 0 aliphatic carbocycles. The first-order valence-electron chi connectivity index (χ1n) is 7.03. The Kier molecular flexibility index (Phi) is 5.01. The number of hydrogen-bond donors (Lipinski definition) is 1. The van der Waals surface area contributed by atoms with Crippen LogP contribution in [0.15, 0.2) is 12.4 Å². The van der Waals surface area contributed by atoms with Gasteiger partial charge in [-0.15, -0.1) is 0 Å². The van der Waals surface area contributed by atoms with Crippen LogP contribution < -0.4 is 5.32 Å². The van der Waals surface area contributed by atoms with Crippen LogP contribution in [-0.2, 0) is 13.1 Å². The lowest BCUT2D eigenvalue weighted by molar-refractivity contribution is 0.0952. The van der Waals surface area contributed by atoms with Crippen molar-refractivity contribution in [3.05, 3.63) is 34.4 Å². The van der Waals surface area contributed by atoms with Gasteiger partial charge in [-0.1, -0.05) is 11.6 Å². The number of nitrogens with one attached hydrogen (secondary N) is 1. The van der Waals surface area contributed by atoms with Crippen LogP contribution in [0.3, 0.4) is 0 Å². The summed E-state index contributed by atoms with van der Waals surface area (Å²) in [5, 5.41) is 12.1. The van der Waals surface area contributed by atoms with Crippen LogP contribution in [0.25, 0.3) is 0 Å². The maximum Gasteiger partial charge on any atom is 0.254 e. The Balaban J connectivity index is 1.80. The van der Waals surface area contributed by atoms with Crippen LogP contribution in [0.1, 0.15) is 35.1 Å². The minimum Gasteiger partial charge on any atom is -0.352 e. The van der Waals surface area contributed by atoms with Crippen molar-refractivity contribution in [3.8, 4) is 0 Å². The van der Waals surface area contributed by atoms with E-state index in [1.165, 1.54) is 0 Å². The fourth-order valence-corrected chi connectivity index (χ4v) is 2.20. The number of carbonyl (C=O) groups excluding carboxylic acids is 1. The summed E-state index contributed by atoms with van der Waals surface area (Å²) < 4.78 is 3.56. The van der Waals surface area contributed by atoms with Crippen molar-refractivity contribution in [1.82, 2.24) is 24.9 Å². The minimum absolute atomic E-state index is 0.0816. The highest BCUT2D eigenvalue weighted by molar-refractivity contribution is 6.31. The molecule has 2 rings (SSSR count). The van der Waals surface area contributed by atoms with Crippen molar-refractivity contribution in [2.45, 2.75) is 40.3 Å². The molecule has 0 saturated carbocycles. The van der Waals surface area contributed by atoms with E-state index in [9.17, 15) is 4.79 Å². The summed E-state index contributed by atoms with van der Waals surface area (Å²) in [6, 6.07) is 0. The second kappa shape index (κ2) is 6.76. The van der Waals surface area contributed by atoms with Gasteiger partial charge in [0.25, 0.3) is 5.91 Å². The van der Waals surface area contributed by atoms with Gasteiger partial charge in [0, 0.05) is 32.0 Å². The van der Waals surface area contributed by atoms with Gasteiger partial charge in [-0.2, -0.15) is 10.2 Å². The van der Waals surface area contributed by atoms with E-state index in [4.69, 9.17) is 11.6 Å². The highest BCUT2D eigenvalue weighted by Gasteiger charge is 2.12. The zero-order valence-corrected chi connectivity index (χ0v) is 13.3. The Morgan fingerprint density at radius 1 is 1.24 bits per heavy atom. The van der Waals surface area contributed by atoms with E-state index in [2.05, 4.69) is 15.5 Å². The molecule has 114 valence electrons. The van der Waals surface area contributed by atoms with E-state index in [0.29, 0.717) is 17.1 Å². The van der Waals surface area contributed by atoms with E-state index in [1.54, 1.807) is 21.8 Å². The number of aromatic nitrogens is 4. The number of rotatable bonds is 6. The number of halogens is 1. The summed E-state index contributed by atoms with van der Waals surface area (Å²) >= 11 is 5.94. The van der Waals surface area contributed by atoms with Crippen LogP contribution in [0, 0.1) is 13.8 Å². The van der Waals surface area contributed by atoms with Crippen molar-refractivity contribution in [2.75, 3.05) is 6.54 Å². The Labute approximate surface area is 129 Å². The van der Waals surface area contributed by atoms with Gasteiger partial charge in [-0.3, -0.25) is 14.2 Å². The van der Waals surface area contributed by atoms with Gasteiger partial charge >= 0.3 is 0 Å². The van der Waals surface area contributed by atoms with Gasteiger partial charge in [0.2, 0.25) is 0 Å². The average Bonchev–Trinajstić information content (AvgIpc) is 2.98. The number of hydrogen-bond acceptors (Lipinski definition) is 3. The lowest BCUT2D eigenvalue weighted by Crippen LogP contribution is -2.25. The number of nitrogens with zero attached hydrogens (tertiary/aromatic N) is 4. The molecule has 0 atom stereocenters. The molecular formula is C14H20ClN5O. The first kappa shape index (κ1) is 15.6. The second-order valence-corrected chi connectivity index (χ2v) is 5.33. The smallest absolute Gasteiger partial charge is 0.254 e. The van der Waals surface area contributed by atoms with Crippen molar-refractivity contribution >= 4 is 17.5 Å². The van der Waals surface area contributed by atoms with Gasteiger partial charge < -0.3 is 5.32 Å². The lowest BCUT2D eigenvalue weighted by Gasteiger charge is -2.04. The monoisotopic (exact) mass is 309 g/mol. The topological polar surface area (TPSA) is 64.7 Å². The quantitative estimate of drug-likeness (QED) is 0.832. The normalized spacial score (nSPS) is 10.9. The molecule has 2 aromatic heterocycles. The molecule has 2 aromatic rings. The minimum atomic E-state index is -0.0816. The van der Waals surface area contributed by atoms with E-state index in [1.807, 2.05) is 20.8 Å². The Morgan fingerprint density at radius 2 is 1.95 bits per heavy atom. The van der Waals surface area contributed by atoms with Gasteiger partial charge in [-0.05, 0) is 27.2 Å². The zero-order valence-electron chi connectivity index (χ0n) is 12.6. The fourth-order valence-electron chi connectivity index (χ4n) is 2.05. The van der Waals surface area contributed by atoms with Gasteiger partial charge in [0.05, 0.1) is 22.0 Å². The predicted molar refractivity (Wildman–Crippen MR) is 81.6 cm³/mol. The molecule has 0 unspecified atom stereocenters. The molecule has 6 nitrogen and oxygen atoms in total. The number of aryl methyl sites for hydroxylation is 4. The molecule has 0 bridgehead atoms. The van der Waals surface area contributed by atoms with E-state index in [-0.39, 0.29) is 5.91 Å². The van der Waals surface area contributed by atoms with Crippen LogP contribution in [0.2, 0.25) is 5.02 Å². The van der Waals surface area contributed by atoms with Crippen molar-refractivity contribution in [3.63, 3.8) is 0 Å². The third kappa shape index (κ3) is 3.85. The largest absolute Gasteiger partial charge is 0.352 e. The maximum absolute atomic E-state index is 12.1. The second-order valence-electron chi connectivity index (χ2n) is 4.92. The third-order valence-corrected chi connectivity index (χ3v) is 3.62. The molecule has 0 spiro atoms. The molecule has 0 aromatic carbocycles. The van der Waals surface area contributed by atoms with Crippen molar-refractivity contribution in [1.29, 1.82) is 0 Å². The molecule has 0 aliphatic rings. The molecule has 0 radical (unpaired) electrons. The van der Waals surface area contributed by atoms with Crippen LogP contribution in [-0.4, -0.2) is 32.0 Å². The van der Waals surface area contributed by atoms with Crippen LogP contribution >= 0.6 is 11.6 Å². The molecular weight excluding hydrogens is 290 g/mol. The number of amides is 1. The summed E-state index contributed by atoms with van der Waals surface area (Å²) in [6.07, 6.45) is 4.37. The average molecular weight is 310 g/mol. The van der Waals surface area contributed by atoms with E-state index in [0.717, 1.165) is 30.9 Å². The predicted octanol–water partition coefficient (Wildman–Crippen LogP) is 2.19. The first-order valence-corrected chi connectivity index (χ1v) is 7.41. The zero-order chi connectivity index (χ0) is 15.4. The highest BCUT2D eigenvalue weighted by atomic mass is 35.5. The molecule has 21 heavy (non-hydrogen) atoms. The van der Waals surface area contributed by atoms with Gasteiger partial charge in [0.1, 0.15) is 0 Å². The van der Waals surface area contributed by atoms with E-state index < -0.39 is 0 Å². The SMILES string of the molecule is CCn1cc(C(=O)NCCCn2cc(Cl)c(C)n2)c(C)n1. The first-order chi connectivity index (χ1) is 10.0. The van der Waals surface area contributed by atoms with Crippen molar-refractivity contribution in [2.24, 2.45) is 0 Å². The molecule has 1 N–H and O–H groups in total. The molecule has 2 heterocycles. The maximum atomic E-state index is 12.1. The summed E-state index contributed by atoms with van der Waals surface area (Å²) in [6.45, 7) is 7.77. The molecule has 0 aliphatic heterocycles. The summed E-state index contributed by atoms with van der Waals surface area (Å²) in [4.78, 5) is 12.1. The van der Waals surface area contributed by atoms with Crippen LogP contribution in [0.5, 0.6) is 0 Å². The molecule has 7 heteroatoms. The molecule has 0 fully saturated rings. The Morgan fingerprint density at radius 3 is 2.52 bits per heavy atom. The summed E-state index contributed by atoms with van der Waals surface area (Å²) in [5.41, 5.74) is 2.21. The van der Waals surface area contributed by atoms with Crippen molar-refractivity contribution < 1.29 is 4.79 Å². The van der Waals surface area contributed by atoms with Gasteiger partial charge in [-0.25, -0.2) is 0 Å². The molecule has 0 saturated heterocycles. The van der Waals surface area contributed by atoms with Gasteiger partial charge in [0.15, 0.2) is 0 Å². The molecule has 1 amide bonds.